The third kappa shape index (κ3) is 5.23. The zero-order valence-electron chi connectivity index (χ0n) is 18.9. The molecule has 2 unspecified atom stereocenters. The van der Waals surface area contributed by atoms with Gasteiger partial charge in [0.2, 0.25) is 5.91 Å². The molecule has 1 aliphatic rings. The number of aliphatic hydroxyl groups is 1. The number of methoxy groups -OCH3 is 1. The number of rotatable bonds is 8. The van der Waals surface area contributed by atoms with Gasteiger partial charge >= 0.3 is 0 Å². The highest BCUT2D eigenvalue weighted by atomic mass is 16.5. The molecule has 0 radical (unpaired) electrons. The molecule has 1 N–H and O–H groups in total. The molecule has 1 aliphatic carbocycles. The number of ether oxygens (including phenoxy) is 1. The number of carbonyl (C=O) groups excluding carboxylic acids is 1. The highest BCUT2D eigenvalue weighted by molar-refractivity contribution is 5.97. The van der Waals surface area contributed by atoms with E-state index in [1.807, 2.05) is 42.5 Å². The summed E-state index contributed by atoms with van der Waals surface area (Å²) in [7, 11) is 1.69. The zero-order chi connectivity index (χ0) is 22.7. The van der Waals surface area contributed by atoms with Crippen molar-refractivity contribution in [1.82, 2.24) is 4.98 Å². The molecule has 2 aromatic carbocycles. The van der Waals surface area contributed by atoms with Gasteiger partial charge in [-0.15, -0.1) is 0 Å². The van der Waals surface area contributed by atoms with Crippen molar-refractivity contribution in [1.29, 1.82) is 0 Å². The van der Waals surface area contributed by atoms with Crippen LogP contribution in [0, 0.1) is 5.92 Å². The summed E-state index contributed by atoms with van der Waals surface area (Å²) in [5, 5.41) is 10.5. The normalized spacial score (nSPS) is 17.8. The highest BCUT2D eigenvalue weighted by Crippen LogP contribution is 2.48. The topological polar surface area (TPSA) is 62.7 Å². The van der Waals surface area contributed by atoms with Gasteiger partial charge in [-0.25, -0.2) is 0 Å². The Labute approximate surface area is 189 Å². The number of carbonyl (C=O) groups is 1. The molecule has 4 rings (SSSR count). The number of anilines is 1. The van der Waals surface area contributed by atoms with Crippen molar-refractivity contribution in [3.63, 3.8) is 0 Å². The molecule has 0 spiro atoms. The molecule has 0 bridgehead atoms. The van der Waals surface area contributed by atoms with E-state index in [9.17, 15) is 9.90 Å². The maximum Gasteiger partial charge on any atom is 0.230 e. The molecule has 0 aliphatic heterocycles. The van der Waals surface area contributed by atoms with Crippen molar-refractivity contribution in [2.24, 2.45) is 5.92 Å². The van der Waals surface area contributed by atoms with Crippen LogP contribution in [0.2, 0.25) is 0 Å². The van der Waals surface area contributed by atoms with Crippen LogP contribution in [0.5, 0.6) is 0 Å². The van der Waals surface area contributed by atoms with Crippen LogP contribution in [0.1, 0.15) is 37.4 Å². The fourth-order valence-corrected chi connectivity index (χ4v) is 4.07. The second-order valence-corrected chi connectivity index (χ2v) is 9.12. The number of pyridine rings is 1. The van der Waals surface area contributed by atoms with E-state index in [2.05, 4.69) is 29.2 Å². The molecule has 1 amide bonds. The van der Waals surface area contributed by atoms with Gasteiger partial charge in [0.05, 0.1) is 18.8 Å². The van der Waals surface area contributed by atoms with Crippen LogP contribution in [0.25, 0.3) is 11.1 Å². The Morgan fingerprint density at radius 3 is 2.28 bits per heavy atom. The van der Waals surface area contributed by atoms with Gasteiger partial charge in [-0.2, -0.15) is 0 Å². The van der Waals surface area contributed by atoms with E-state index in [1.165, 1.54) is 0 Å². The van der Waals surface area contributed by atoms with Gasteiger partial charge in [-0.3, -0.25) is 9.78 Å². The predicted octanol–water partition coefficient (Wildman–Crippen LogP) is 4.80. The van der Waals surface area contributed by atoms with E-state index in [0.717, 1.165) is 34.5 Å². The van der Waals surface area contributed by atoms with Gasteiger partial charge in [0.1, 0.15) is 0 Å². The van der Waals surface area contributed by atoms with E-state index < -0.39 is 5.60 Å². The lowest BCUT2D eigenvalue weighted by molar-refractivity contribution is -0.120. The minimum atomic E-state index is -0.999. The van der Waals surface area contributed by atoms with E-state index in [-0.39, 0.29) is 24.3 Å². The lowest BCUT2D eigenvalue weighted by atomic mass is 10.0. The largest absolute Gasteiger partial charge is 0.389 e. The van der Waals surface area contributed by atoms with Crippen LogP contribution >= 0.6 is 0 Å². The summed E-state index contributed by atoms with van der Waals surface area (Å²) in [6.45, 7) is 4.29. The maximum absolute atomic E-state index is 13.4. The van der Waals surface area contributed by atoms with E-state index in [0.29, 0.717) is 6.61 Å². The Kier molecular flexibility index (Phi) is 6.40. The van der Waals surface area contributed by atoms with Crippen LogP contribution in [0.4, 0.5) is 5.69 Å². The first-order valence-electron chi connectivity index (χ1n) is 11.0. The van der Waals surface area contributed by atoms with Crippen molar-refractivity contribution in [3.8, 4) is 11.1 Å². The minimum Gasteiger partial charge on any atom is -0.389 e. The number of nitrogens with zero attached hydrogens (tertiary/aromatic N) is 2. The third-order valence-electron chi connectivity index (χ3n) is 5.76. The predicted molar refractivity (Wildman–Crippen MR) is 126 cm³/mol. The quantitative estimate of drug-likeness (QED) is 0.557. The van der Waals surface area contributed by atoms with E-state index in [1.54, 1.807) is 32.1 Å². The minimum absolute atomic E-state index is 0.0412. The molecule has 3 aromatic rings. The Hall–Kier alpha value is -3.02. The molecule has 1 saturated carbocycles. The van der Waals surface area contributed by atoms with Crippen LogP contribution in [-0.4, -0.2) is 35.3 Å². The fraction of sp³-hybridized carbons (Fsp3) is 0.333. The molecular formula is C27H30N2O3. The third-order valence-corrected chi connectivity index (χ3v) is 5.76. The monoisotopic (exact) mass is 430 g/mol. The molecule has 1 fully saturated rings. The summed E-state index contributed by atoms with van der Waals surface area (Å²) in [4.78, 5) is 19.5. The molecule has 0 saturated heterocycles. The molecule has 5 nitrogen and oxygen atoms in total. The summed E-state index contributed by atoms with van der Waals surface area (Å²) < 4.78 is 5.18. The molecule has 2 atom stereocenters. The zero-order valence-corrected chi connectivity index (χ0v) is 18.9. The number of aromatic nitrogens is 1. The maximum atomic E-state index is 13.4. The van der Waals surface area contributed by atoms with Crippen LogP contribution < -0.4 is 4.90 Å². The average molecular weight is 431 g/mol. The molecule has 1 aromatic heterocycles. The summed E-state index contributed by atoms with van der Waals surface area (Å²) >= 11 is 0. The highest BCUT2D eigenvalue weighted by Gasteiger charge is 2.47. The Bertz CT molecular complexity index is 1040. The Morgan fingerprint density at radius 2 is 1.72 bits per heavy atom. The average Bonchev–Trinajstić information content (AvgIpc) is 3.59. The first-order valence-corrected chi connectivity index (χ1v) is 11.0. The second kappa shape index (κ2) is 9.23. The Morgan fingerprint density at radius 1 is 1.06 bits per heavy atom. The van der Waals surface area contributed by atoms with Gasteiger partial charge in [-0.1, -0.05) is 42.5 Å². The van der Waals surface area contributed by atoms with Gasteiger partial charge in [0.25, 0.3) is 0 Å². The van der Waals surface area contributed by atoms with E-state index >= 15 is 0 Å². The summed E-state index contributed by atoms with van der Waals surface area (Å²) in [6, 6.07) is 22.0. The van der Waals surface area contributed by atoms with Gasteiger partial charge in [0.15, 0.2) is 0 Å². The summed E-state index contributed by atoms with van der Waals surface area (Å²) in [5.41, 5.74) is 4.06. The Balaban J connectivity index is 1.53. The number of hydrogen-bond acceptors (Lipinski definition) is 4. The summed E-state index contributed by atoms with van der Waals surface area (Å²) in [6.07, 6.45) is 2.56. The van der Waals surface area contributed by atoms with Crippen molar-refractivity contribution < 1.29 is 14.6 Å². The van der Waals surface area contributed by atoms with Crippen molar-refractivity contribution >= 4 is 11.6 Å². The molecular weight excluding hydrogens is 400 g/mol. The van der Waals surface area contributed by atoms with Gasteiger partial charge < -0.3 is 14.7 Å². The number of hydrogen-bond donors (Lipinski definition) is 1. The summed E-state index contributed by atoms with van der Waals surface area (Å²) in [5.74, 6) is 0.0950. The fourth-order valence-electron chi connectivity index (χ4n) is 4.07. The van der Waals surface area contributed by atoms with Gasteiger partial charge in [0, 0.05) is 36.5 Å². The molecule has 166 valence electrons. The first kappa shape index (κ1) is 22.2. The number of amides is 1. The molecule has 5 heteroatoms. The second-order valence-electron chi connectivity index (χ2n) is 9.12. The molecule has 1 heterocycles. The van der Waals surface area contributed by atoms with Crippen molar-refractivity contribution in [2.45, 2.75) is 38.4 Å². The van der Waals surface area contributed by atoms with Gasteiger partial charge in [-0.05, 0) is 61.2 Å². The first-order chi connectivity index (χ1) is 15.4. The van der Waals surface area contributed by atoms with Crippen LogP contribution in [0.15, 0.2) is 72.9 Å². The van der Waals surface area contributed by atoms with Crippen LogP contribution in [0.3, 0.4) is 0 Å². The van der Waals surface area contributed by atoms with Crippen molar-refractivity contribution in [2.75, 3.05) is 18.6 Å². The van der Waals surface area contributed by atoms with Crippen LogP contribution in [-0.2, 0) is 16.1 Å². The number of benzene rings is 2. The lowest BCUT2D eigenvalue weighted by Crippen LogP contribution is -2.43. The smallest absolute Gasteiger partial charge is 0.230 e. The van der Waals surface area contributed by atoms with E-state index in [4.69, 9.17) is 4.74 Å². The lowest BCUT2D eigenvalue weighted by Gasteiger charge is -2.29. The SMILES string of the molecule is COCc1ccc(-c2ccc(N(CC(C)(C)O)C(=O)C3CC3c3ccccn3)cc2)cc1. The standard InChI is InChI=1S/C27H30N2O3/c1-27(2,31)18-29(26(30)24-16-23(24)25-6-4-5-15-28-25)22-13-11-21(12-14-22)20-9-7-19(8-10-20)17-32-3/h4-15,23-24,31H,16-18H2,1-3H3. The molecule has 32 heavy (non-hydrogen) atoms. The van der Waals surface area contributed by atoms with Crippen molar-refractivity contribution in [3.05, 3.63) is 84.2 Å².